The molecule has 2 aromatic carbocycles. The Hall–Kier alpha value is -3.10. The van der Waals surface area contributed by atoms with Crippen molar-refractivity contribution < 1.29 is 13.9 Å². The van der Waals surface area contributed by atoms with Gasteiger partial charge in [-0.15, -0.1) is 0 Å². The van der Waals surface area contributed by atoms with E-state index in [-0.39, 0.29) is 23.6 Å². The number of ketones is 1. The van der Waals surface area contributed by atoms with Crippen LogP contribution in [0.3, 0.4) is 0 Å². The van der Waals surface area contributed by atoms with Gasteiger partial charge in [0.25, 0.3) is 5.56 Å². The summed E-state index contributed by atoms with van der Waals surface area (Å²) in [6.07, 6.45) is -0.323. The summed E-state index contributed by atoms with van der Waals surface area (Å²) in [5.41, 5.74) is 1.60. The quantitative estimate of drug-likeness (QED) is 0.530. The van der Waals surface area contributed by atoms with E-state index in [1.54, 1.807) is 31.2 Å². The first kappa shape index (κ1) is 19.2. The Morgan fingerprint density at radius 3 is 2.76 bits per heavy atom. The van der Waals surface area contributed by atoms with Crippen LogP contribution in [0.2, 0.25) is 0 Å². The van der Waals surface area contributed by atoms with Crippen LogP contribution in [0.15, 0.2) is 47.3 Å². The molecule has 0 saturated carbocycles. The highest BCUT2D eigenvalue weighted by Gasteiger charge is 2.40. The van der Waals surface area contributed by atoms with Gasteiger partial charge in [-0.3, -0.25) is 14.9 Å². The first-order chi connectivity index (χ1) is 13.9. The zero-order valence-electron chi connectivity index (χ0n) is 16.0. The number of halogens is 1. The van der Waals surface area contributed by atoms with Gasteiger partial charge in [0.2, 0.25) is 0 Å². The predicted molar refractivity (Wildman–Crippen MR) is 107 cm³/mol. The SMILES string of the molecule is CC(=O)[C@@H](C)NC1OC1Nc1cc(Cc2n[nH]c(=O)c3ccccc23)ccc1F. The van der Waals surface area contributed by atoms with Gasteiger partial charge in [0.15, 0.2) is 12.5 Å². The van der Waals surface area contributed by atoms with Crippen molar-refractivity contribution in [3.8, 4) is 0 Å². The van der Waals surface area contributed by atoms with Gasteiger partial charge in [-0.25, -0.2) is 9.49 Å². The molecule has 0 aliphatic carbocycles. The Labute approximate surface area is 166 Å². The summed E-state index contributed by atoms with van der Waals surface area (Å²) in [4.78, 5) is 23.3. The van der Waals surface area contributed by atoms with E-state index in [0.717, 1.165) is 10.9 Å². The number of H-pyrrole nitrogens is 1. The minimum atomic E-state index is -0.409. The molecule has 2 heterocycles. The minimum absolute atomic E-state index is 0.00746. The van der Waals surface area contributed by atoms with Crippen LogP contribution < -0.4 is 16.2 Å². The highest BCUT2D eigenvalue weighted by Crippen LogP contribution is 2.26. The van der Waals surface area contributed by atoms with Gasteiger partial charge in [0, 0.05) is 11.8 Å². The molecular formula is C21H21FN4O3. The Morgan fingerprint density at radius 1 is 1.24 bits per heavy atom. The van der Waals surface area contributed by atoms with Crippen LogP contribution in [-0.2, 0) is 16.0 Å². The van der Waals surface area contributed by atoms with E-state index < -0.39 is 12.0 Å². The van der Waals surface area contributed by atoms with Gasteiger partial charge in [0.1, 0.15) is 11.6 Å². The van der Waals surface area contributed by atoms with Crippen molar-refractivity contribution in [1.82, 2.24) is 15.5 Å². The summed E-state index contributed by atoms with van der Waals surface area (Å²) in [5.74, 6) is -0.394. The third-order valence-electron chi connectivity index (χ3n) is 4.99. The lowest BCUT2D eigenvalue weighted by Crippen LogP contribution is -2.36. The first-order valence-electron chi connectivity index (χ1n) is 9.35. The van der Waals surface area contributed by atoms with Crippen molar-refractivity contribution in [3.05, 3.63) is 69.9 Å². The van der Waals surface area contributed by atoms with Crippen molar-refractivity contribution in [2.24, 2.45) is 0 Å². The van der Waals surface area contributed by atoms with Crippen LogP contribution >= 0.6 is 0 Å². The van der Waals surface area contributed by atoms with Crippen LogP contribution in [0.4, 0.5) is 10.1 Å². The van der Waals surface area contributed by atoms with E-state index >= 15 is 0 Å². The van der Waals surface area contributed by atoms with E-state index in [2.05, 4.69) is 20.8 Å². The maximum Gasteiger partial charge on any atom is 0.272 e. The van der Waals surface area contributed by atoms with Gasteiger partial charge in [-0.1, -0.05) is 24.3 Å². The van der Waals surface area contributed by atoms with Gasteiger partial charge < -0.3 is 10.1 Å². The number of carbonyl (C=O) groups is 1. The molecule has 1 aliphatic heterocycles. The molecule has 0 amide bonds. The number of hydrogen-bond acceptors (Lipinski definition) is 6. The number of nitrogens with zero attached hydrogens (tertiary/aromatic N) is 1. The van der Waals surface area contributed by atoms with Gasteiger partial charge >= 0.3 is 0 Å². The Bertz CT molecular complexity index is 1130. The summed E-state index contributed by atoms with van der Waals surface area (Å²) in [5, 5.41) is 14.0. The van der Waals surface area contributed by atoms with Gasteiger partial charge in [-0.2, -0.15) is 5.10 Å². The van der Waals surface area contributed by atoms with E-state index in [4.69, 9.17) is 4.74 Å². The molecule has 1 saturated heterocycles. The molecule has 0 radical (unpaired) electrons. The van der Waals surface area contributed by atoms with Crippen molar-refractivity contribution in [1.29, 1.82) is 0 Å². The monoisotopic (exact) mass is 396 g/mol. The number of hydrogen-bond donors (Lipinski definition) is 3. The zero-order valence-corrected chi connectivity index (χ0v) is 16.0. The normalized spacial score (nSPS) is 19.1. The van der Waals surface area contributed by atoms with E-state index in [0.29, 0.717) is 23.2 Å². The fourth-order valence-electron chi connectivity index (χ4n) is 3.16. The fraction of sp³-hybridized carbons (Fsp3) is 0.286. The van der Waals surface area contributed by atoms with Gasteiger partial charge in [-0.05, 0) is 37.6 Å². The molecule has 0 bridgehead atoms. The standard InChI is InChI=1S/C21H21FN4O3/c1-11(12(2)27)23-20-21(29-20)24-18-10-13(7-8-16(18)22)9-17-14-5-3-4-6-15(14)19(28)26-25-17/h3-8,10-11,20-21,23-24H,9H2,1-2H3,(H,26,28)/t11-,20?,21?/m1/s1. The summed E-state index contributed by atoms with van der Waals surface area (Å²) in [6, 6.07) is 11.7. The number of benzene rings is 2. The highest BCUT2D eigenvalue weighted by atomic mass is 19.1. The molecule has 7 nitrogen and oxygen atoms in total. The van der Waals surface area contributed by atoms with Crippen LogP contribution in [0.5, 0.6) is 0 Å². The van der Waals surface area contributed by atoms with E-state index in [1.165, 1.54) is 13.0 Å². The lowest BCUT2D eigenvalue weighted by atomic mass is 10.0. The van der Waals surface area contributed by atoms with Crippen molar-refractivity contribution in [2.45, 2.75) is 38.8 Å². The van der Waals surface area contributed by atoms with Crippen molar-refractivity contribution >= 4 is 22.2 Å². The molecule has 4 rings (SSSR count). The summed E-state index contributed by atoms with van der Waals surface area (Å²) in [7, 11) is 0. The van der Waals surface area contributed by atoms with Crippen LogP contribution in [-0.4, -0.2) is 34.5 Å². The number of rotatable bonds is 7. The average molecular weight is 396 g/mol. The second-order valence-corrected chi connectivity index (χ2v) is 7.16. The number of Topliss-reactive ketones (excluding diaryl/α,β-unsaturated/α-hetero) is 1. The predicted octanol–water partition coefficient (Wildman–Crippen LogP) is 2.31. The van der Waals surface area contributed by atoms with Gasteiger partial charge in [0.05, 0.1) is 22.8 Å². The lowest BCUT2D eigenvalue weighted by Gasteiger charge is -2.10. The summed E-state index contributed by atoms with van der Waals surface area (Å²) < 4.78 is 19.7. The molecule has 3 atom stereocenters. The molecule has 1 aliphatic rings. The molecule has 3 aromatic rings. The Balaban J connectivity index is 1.51. The van der Waals surface area contributed by atoms with Crippen LogP contribution in [0.25, 0.3) is 10.8 Å². The fourth-order valence-corrected chi connectivity index (χ4v) is 3.16. The van der Waals surface area contributed by atoms with Crippen molar-refractivity contribution in [2.75, 3.05) is 5.32 Å². The topological polar surface area (TPSA) is 99.4 Å². The molecular weight excluding hydrogens is 375 g/mol. The molecule has 1 aromatic heterocycles. The number of carbonyl (C=O) groups excluding carboxylic acids is 1. The number of anilines is 1. The second kappa shape index (κ2) is 7.73. The minimum Gasteiger partial charge on any atom is -0.354 e. The molecule has 1 fully saturated rings. The maximum absolute atomic E-state index is 14.3. The third-order valence-corrected chi connectivity index (χ3v) is 4.99. The third kappa shape index (κ3) is 4.18. The Morgan fingerprint density at radius 2 is 2.00 bits per heavy atom. The highest BCUT2D eigenvalue weighted by molar-refractivity contribution is 5.83. The van der Waals surface area contributed by atoms with Crippen molar-refractivity contribution in [3.63, 3.8) is 0 Å². The molecule has 8 heteroatoms. The van der Waals surface area contributed by atoms with E-state index in [9.17, 15) is 14.0 Å². The number of fused-ring (bicyclic) bond motifs is 1. The van der Waals surface area contributed by atoms with Crippen LogP contribution in [0, 0.1) is 5.82 Å². The molecule has 150 valence electrons. The maximum atomic E-state index is 14.3. The summed E-state index contributed by atoms with van der Waals surface area (Å²) >= 11 is 0. The zero-order chi connectivity index (χ0) is 20.5. The number of aromatic amines is 1. The van der Waals surface area contributed by atoms with E-state index in [1.807, 2.05) is 12.1 Å². The first-order valence-corrected chi connectivity index (χ1v) is 9.35. The van der Waals surface area contributed by atoms with Crippen LogP contribution in [0.1, 0.15) is 25.1 Å². The molecule has 2 unspecified atom stereocenters. The number of nitrogens with one attached hydrogen (secondary N) is 3. The average Bonchev–Trinajstić information content (AvgIpc) is 3.44. The molecule has 3 N–H and O–H groups in total. The number of epoxide rings is 1. The number of ether oxygens (including phenoxy) is 1. The molecule has 29 heavy (non-hydrogen) atoms. The largest absolute Gasteiger partial charge is 0.354 e. The molecule has 0 spiro atoms. The second-order valence-electron chi connectivity index (χ2n) is 7.16. The Kier molecular flexibility index (Phi) is 5.12. The smallest absolute Gasteiger partial charge is 0.272 e. The lowest BCUT2D eigenvalue weighted by molar-refractivity contribution is -0.118. The number of aromatic nitrogens is 2. The summed E-state index contributed by atoms with van der Waals surface area (Å²) in [6.45, 7) is 3.25.